The zero-order valence-corrected chi connectivity index (χ0v) is 19.6. The topological polar surface area (TPSA) is 104 Å². The lowest BCUT2D eigenvalue weighted by Crippen LogP contribution is -2.40. The summed E-state index contributed by atoms with van der Waals surface area (Å²) in [7, 11) is -3.72. The maximum absolute atomic E-state index is 12.8. The van der Waals surface area contributed by atoms with Crippen LogP contribution in [0, 0.1) is 5.92 Å². The largest absolute Gasteiger partial charge is 0.326 e. The molecule has 1 saturated carbocycles. The van der Waals surface area contributed by atoms with Gasteiger partial charge in [-0.1, -0.05) is 31.4 Å². The van der Waals surface area contributed by atoms with E-state index in [2.05, 4.69) is 15.4 Å². The standard InChI is InChI=1S/C24H31N3O4S/c1-24(2,3)27-32(30,31)21-14-8-13-20(16-21)26-23(29)18-11-7-12-19(15-18)25-22(28)17-9-5-4-6-10-17/h7-8,11-17,27H,4-6,9-10H2,1-3H3,(H,25,28)(H,26,29). The number of anilines is 2. The number of carbonyl (C=O) groups excluding carboxylic acids is 2. The highest BCUT2D eigenvalue weighted by Crippen LogP contribution is 2.25. The maximum Gasteiger partial charge on any atom is 0.255 e. The van der Waals surface area contributed by atoms with E-state index in [1.165, 1.54) is 18.6 Å². The van der Waals surface area contributed by atoms with Gasteiger partial charge in [0.15, 0.2) is 0 Å². The van der Waals surface area contributed by atoms with E-state index in [1.807, 2.05) is 0 Å². The highest BCUT2D eigenvalue weighted by molar-refractivity contribution is 7.89. The minimum absolute atomic E-state index is 0.00786. The van der Waals surface area contributed by atoms with Crippen molar-refractivity contribution in [2.45, 2.75) is 63.3 Å². The van der Waals surface area contributed by atoms with Crippen molar-refractivity contribution >= 4 is 33.2 Å². The van der Waals surface area contributed by atoms with E-state index in [0.29, 0.717) is 16.9 Å². The van der Waals surface area contributed by atoms with Crippen molar-refractivity contribution in [3.05, 3.63) is 54.1 Å². The van der Waals surface area contributed by atoms with Gasteiger partial charge in [-0.15, -0.1) is 0 Å². The highest BCUT2D eigenvalue weighted by atomic mass is 32.2. The Labute approximate surface area is 190 Å². The van der Waals surface area contributed by atoms with Crippen molar-refractivity contribution < 1.29 is 18.0 Å². The monoisotopic (exact) mass is 457 g/mol. The molecule has 7 nitrogen and oxygen atoms in total. The van der Waals surface area contributed by atoms with Crippen molar-refractivity contribution in [2.24, 2.45) is 5.92 Å². The number of sulfonamides is 1. The predicted molar refractivity (Wildman–Crippen MR) is 126 cm³/mol. The van der Waals surface area contributed by atoms with Gasteiger partial charge in [-0.3, -0.25) is 9.59 Å². The minimum atomic E-state index is -3.72. The van der Waals surface area contributed by atoms with Crippen LogP contribution in [0.3, 0.4) is 0 Å². The molecule has 0 spiro atoms. The van der Waals surface area contributed by atoms with Crippen LogP contribution in [-0.2, 0) is 14.8 Å². The minimum Gasteiger partial charge on any atom is -0.326 e. The number of carbonyl (C=O) groups is 2. The molecule has 0 atom stereocenters. The second kappa shape index (κ2) is 9.83. The molecule has 8 heteroatoms. The summed E-state index contributed by atoms with van der Waals surface area (Å²) in [5.41, 5.74) is 0.676. The normalized spacial score (nSPS) is 15.2. The van der Waals surface area contributed by atoms with E-state index in [0.717, 1.165) is 25.7 Å². The third-order valence-corrected chi connectivity index (χ3v) is 6.97. The first-order valence-corrected chi connectivity index (χ1v) is 12.4. The average Bonchev–Trinajstić information content (AvgIpc) is 2.73. The third-order valence-electron chi connectivity index (χ3n) is 5.21. The number of rotatable bonds is 6. The molecule has 0 heterocycles. The van der Waals surface area contributed by atoms with Gasteiger partial charge < -0.3 is 10.6 Å². The molecular weight excluding hydrogens is 426 g/mol. The summed E-state index contributed by atoms with van der Waals surface area (Å²) in [6.45, 7) is 5.28. The molecule has 0 saturated heterocycles. The first-order valence-electron chi connectivity index (χ1n) is 10.9. The van der Waals surface area contributed by atoms with Crippen LogP contribution in [0.2, 0.25) is 0 Å². The van der Waals surface area contributed by atoms with E-state index in [1.54, 1.807) is 57.2 Å². The Morgan fingerprint density at radius 1 is 0.875 bits per heavy atom. The molecule has 2 aromatic carbocycles. The average molecular weight is 458 g/mol. The van der Waals surface area contributed by atoms with Crippen LogP contribution in [0.15, 0.2) is 53.4 Å². The Morgan fingerprint density at radius 2 is 1.50 bits per heavy atom. The van der Waals surface area contributed by atoms with Crippen LogP contribution in [0.5, 0.6) is 0 Å². The Hall–Kier alpha value is -2.71. The molecular formula is C24H31N3O4S. The first kappa shape index (κ1) is 23.9. The first-order chi connectivity index (χ1) is 15.0. The maximum atomic E-state index is 12.8. The van der Waals surface area contributed by atoms with Gasteiger partial charge in [-0.2, -0.15) is 0 Å². The Morgan fingerprint density at radius 3 is 2.16 bits per heavy atom. The molecule has 2 aromatic rings. The van der Waals surface area contributed by atoms with E-state index < -0.39 is 21.5 Å². The van der Waals surface area contributed by atoms with Crippen LogP contribution in [0.1, 0.15) is 63.2 Å². The molecule has 172 valence electrons. The molecule has 3 N–H and O–H groups in total. The fourth-order valence-electron chi connectivity index (χ4n) is 3.75. The SMILES string of the molecule is CC(C)(C)NS(=O)(=O)c1cccc(NC(=O)c2cccc(NC(=O)C3CCCCC3)c2)c1. The molecule has 0 unspecified atom stereocenters. The fraction of sp³-hybridized carbons (Fsp3) is 0.417. The smallest absolute Gasteiger partial charge is 0.255 e. The summed E-state index contributed by atoms with van der Waals surface area (Å²) in [6.07, 6.45) is 5.11. The Kier molecular flexibility index (Phi) is 7.36. The molecule has 3 rings (SSSR count). The number of hydrogen-bond donors (Lipinski definition) is 3. The lowest BCUT2D eigenvalue weighted by molar-refractivity contribution is -0.120. The van der Waals surface area contributed by atoms with Crippen LogP contribution >= 0.6 is 0 Å². The molecule has 0 radical (unpaired) electrons. The zero-order valence-electron chi connectivity index (χ0n) is 18.8. The molecule has 1 aliphatic rings. The van der Waals surface area contributed by atoms with Crippen LogP contribution < -0.4 is 15.4 Å². The fourth-order valence-corrected chi connectivity index (χ4v) is 5.22. The second-order valence-electron chi connectivity index (χ2n) is 9.24. The van der Waals surface area contributed by atoms with E-state index in [9.17, 15) is 18.0 Å². The van der Waals surface area contributed by atoms with Gasteiger partial charge in [0.1, 0.15) is 0 Å². The Balaban J connectivity index is 1.70. The predicted octanol–water partition coefficient (Wildman–Crippen LogP) is 4.53. The summed E-state index contributed by atoms with van der Waals surface area (Å²) in [5.74, 6) is -0.378. The number of amides is 2. The number of hydrogen-bond acceptors (Lipinski definition) is 4. The summed E-state index contributed by atoms with van der Waals surface area (Å²) in [6, 6.07) is 12.8. The molecule has 2 amide bonds. The van der Waals surface area contributed by atoms with E-state index >= 15 is 0 Å². The Bertz CT molecular complexity index is 1080. The molecule has 1 fully saturated rings. The third kappa shape index (κ3) is 6.64. The van der Waals surface area contributed by atoms with Crippen LogP contribution in [0.4, 0.5) is 11.4 Å². The quantitative estimate of drug-likeness (QED) is 0.592. The van der Waals surface area contributed by atoms with Crippen molar-refractivity contribution in [2.75, 3.05) is 10.6 Å². The molecule has 1 aliphatic carbocycles. The lowest BCUT2D eigenvalue weighted by atomic mass is 9.88. The summed E-state index contributed by atoms with van der Waals surface area (Å²) < 4.78 is 27.7. The summed E-state index contributed by atoms with van der Waals surface area (Å²) >= 11 is 0. The van der Waals surface area contributed by atoms with Gasteiger partial charge in [0.25, 0.3) is 5.91 Å². The van der Waals surface area contributed by atoms with Gasteiger partial charge >= 0.3 is 0 Å². The van der Waals surface area contributed by atoms with Crippen molar-refractivity contribution in [1.29, 1.82) is 0 Å². The second-order valence-corrected chi connectivity index (χ2v) is 10.9. The van der Waals surface area contributed by atoms with E-state index in [4.69, 9.17) is 0 Å². The van der Waals surface area contributed by atoms with Crippen molar-refractivity contribution in [1.82, 2.24) is 4.72 Å². The van der Waals surface area contributed by atoms with E-state index in [-0.39, 0.29) is 16.7 Å². The summed E-state index contributed by atoms with van der Waals surface area (Å²) in [5, 5.41) is 5.65. The molecule has 0 bridgehead atoms. The number of benzene rings is 2. The van der Waals surface area contributed by atoms with Crippen molar-refractivity contribution in [3.8, 4) is 0 Å². The highest BCUT2D eigenvalue weighted by Gasteiger charge is 2.23. The van der Waals surface area contributed by atoms with Crippen LogP contribution in [0.25, 0.3) is 0 Å². The van der Waals surface area contributed by atoms with Gasteiger partial charge in [-0.05, 0) is 70.0 Å². The van der Waals surface area contributed by atoms with Crippen LogP contribution in [-0.4, -0.2) is 25.8 Å². The molecule has 32 heavy (non-hydrogen) atoms. The molecule has 0 aliphatic heterocycles. The van der Waals surface area contributed by atoms with Gasteiger partial charge in [0, 0.05) is 28.4 Å². The van der Waals surface area contributed by atoms with Crippen molar-refractivity contribution in [3.63, 3.8) is 0 Å². The number of nitrogens with one attached hydrogen (secondary N) is 3. The summed E-state index contributed by atoms with van der Waals surface area (Å²) in [4.78, 5) is 25.3. The lowest BCUT2D eigenvalue weighted by Gasteiger charge is -2.21. The van der Waals surface area contributed by atoms with Gasteiger partial charge in [0.2, 0.25) is 15.9 Å². The zero-order chi connectivity index (χ0) is 23.4. The molecule has 0 aromatic heterocycles. The van der Waals surface area contributed by atoms with Gasteiger partial charge in [-0.25, -0.2) is 13.1 Å². The van der Waals surface area contributed by atoms with Gasteiger partial charge in [0.05, 0.1) is 4.90 Å².